The Hall–Kier alpha value is -1.98. The van der Waals surface area contributed by atoms with E-state index in [2.05, 4.69) is 13.8 Å². The summed E-state index contributed by atoms with van der Waals surface area (Å²) in [5.41, 5.74) is -2.03. The van der Waals surface area contributed by atoms with Crippen molar-refractivity contribution in [3.05, 3.63) is 11.6 Å². The van der Waals surface area contributed by atoms with Crippen molar-refractivity contribution >= 4 is 23.5 Å². The lowest BCUT2D eigenvalue weighted by molar-refractivity contribution is -0.174. The van der Waals surface area contributed by atoms with Crippen molar-refractivity contribution in [3.8, 4) is 0 Å². The molecule has 6 heteroatoms. The molecule has 0 aromatic rings. The molecule has 0 radical (unpaired) electrons. The molecule has 7 atom stereocenters. The summed E-state index contributed by atoms with van der Waals surface area (Å²) in [6.45, 7) is 7.76. The smallest absolute Gasteiger partial charge is 0.310 e. The molecule has 2 N–H and O–H groups in total. The fourth-order valence-corrected chi connectivity index (χ4v) is 7.49. The van der Waals surface area contributed by atoms with E-state index in [4.69, 9.17) is 0 Å². The number of allylic oxidation sites excluding steroid dienone is 2. The Morgan fingerprint density at radius 2 is 1.60 bits per heavy atom. The summed E-state index contributed by atoms with van der Waals surface area (Å²) in [6.07, 6.45) is 4.67. The Balaban J connectivity index is 1.89. The summed E-state index contributed by atoms with van der Waals surface area (Å²) in [5.74, 6) is -2.95. The van der Waals surface area contributed by atoms with Crippen molar-refractivity contribution in [2.24, 2.45) is 39.4 Å². The third-order valence-electron chi connectivity index (χ3n) is 9.92. The molecule has 30 heavy (non-hydrogen) atoms. The SMILES string of the molecule is CC1C(=O)CCC2(C)C1C(=O)C=C1C3CC(C)(C(=O)O)CCC3(C(=O)O)CCC12C. The van der Waals surface area contributed by atoms with E-state index in [1.807, 2.05) is 6.92 Å². The number of hydrogen-bond donors (Lipinski definition) is 2. The van der Waals surface area contributed by atoms with Crippen LogP contribution in [0.5, 0.6) is 0 Å². The molecule has 0 aromatic heterocycles. The van der Waals surface area contributed by atoms with Gasteiger partial charge in [0.25, 0.3) is 0 Å². The van der Waals surface area contributed by atoms with Gasteiger partial charge in [0.1, 0.15) is 5.78 Å². The van der Waals surface area contributed by atoms with Crippen LogP contribution < -0.4 is 0 Å². The van der Waals surface area contributed by atoms with Gasteiger partial charge in [0.2, 0.25) is 0 Å². The lowest BCUT2D eigenvalue weighted by Gasteiger charge is -2.64. The Morgan fingerprint density at radius 3 is 2.20 bits per heavy atom. The third-order valence-corrected chi connectivity index (χ3v) is 9.92. The van der Waals surface area contributed by atoms with Crippen LogP contribution in [0.25, 0.3) is 0 Å². The maximum absolute atomic E-state index is 13.3. The van der Waals surface area contributed by atoms with Crippen LogP contribution >= 0.6 is 0 Å². The molecule has 4 aliphatic carbocycles. The van der Waals surface area contributed by atoms with E-state index in [0.29, 0.717) is 38.5 Å². The predicted octanol–water partition coefficient (Wildman–Crippen LogP) is 3.88. The van der Waals surface area contributed by atoms with Gasteiger partial charge in [-0.2, -0.15) is 0 Å². The zero-order valence-corrected chi connectivity index (χ0v) is 18.3. The second-order valence-electron chi connectivity index (χ2n) is 11.1. The van der Waals surface area contributed by atoms with Crippen molar-refractivity contribution in [2.45, 2.75) is 72.6 Å². The molecule has 0 saturated heterocycles. The number of carboxylic acids is 2. The molecular formula is C24H32O6. The van der Waals surface area contributed by atoms with Crippen LogP contribution in [-0.4, -0.2) is 33.7 Å². The van der Waals surface area contributed by atoms with E-state index in [1.165, 1.54) is 0 Å². The van der Waals surface area contributed by atoms with E-state index >= 15 is 0 Å². The monoisotopic (exact) mass is 416 g/mol. The van der Waals surface area contributed by atoms with Crippen molar-refractivity contribution in [1.82, 2.24) is 0 Å². The van der Waals surface area contributed by atoms with Gasteiger partial charge in [-0.25, -0.2) is 0 Å². The highest BCUT2D eigenvalue weighted by Gasteiger charge is 2.67. The normalized spacial score (nSPS) is 48.1. The van der Waals surface area contributed by atoms with Crippen LogP contribution in [-0.2, 0) is 19.2 Å². The predicted molar refractivity (Wildman–Crippen MR) is 109 cm³/mol. The molecule has 0 aliphatic heterocycles. The number of ketones is 2. The number of rotatable bonds is 2. The minimum Gasteiger partial charge on any atom is -0.481 e. The van der Waals surface area contributed by atoms with Gasteiger partial charge in [0.15, 0.2) is 5.78 Å². The molecule has 164 valence electrons. The summed E-state index contributed by atoms with van der Waals surface area (Å²) in [4.78, 5) is 50.3. The molecule has 6 nitrogen and oxygen atoms in total. The van der Waals surface area contributed by atoms with Crippen LogP contribution in [0.3, 0.4) is 0 Å². The van der Waals surface area contributed by atoms with Gasteiger partial charge in [-0.05, 0) is 68.3 Å². The first kappa shape index (κ1) is 21.3. The maximum atomic E-state index is 13.3. The molecule has 0 heterocycles. The molecular weight excluding hydrogens is 384 g/mol. The molecule has 3 fully saturated rings. The Labute approximate surface area is 177 Å². The lowest BCUT2D eigenvalue weighted by atomic mass is 9.38. The van der Waals surface area contributed by atoms with Crippen molar-refractivity contribution in [2.75, 3.05) is 0 Å². The zero-order chi connectivity index (χ0) is 22.3. The second kappa shape index (κ2) is 6.27. The van der Waals surface area contributed by atoms with Gasteiger partial charge >= 0.3 is 11.9 Å². The molecule has 0 amide bonds. The Kier molecular flexibility index (Phi) is 4.44. The first-order valence-electron chi connectivity index (χ1n) is 11.1. The van der Waals surface area contributed by atoms with E-state index in [9.17, 15) is 29.4 Å². The first-order valence-corrected chi connectivity index (χ1v) is 11.1. The van der Waals surface area contributed by atoms with Crippen LogP contribution in [0, 0.1) is 39.4 Å². The number of carbonyl (C=O) groups excluding carboxylic acids is 2. The highest BCUT2D eigenvalue weighted by atomic mass is 16.4. The molecule has 0 spiro atoms. The number of Topliss-reactive ketones (excluding diaryl/α,β-unsaturated/α-hetero) is 1. The van der Waals surface area contributed by atoms with Crippen LogP contribution in [0.1, 0.15) is 72.6 Å². The van der Waals surface area contributed by atoms with E-state index in [0.717, 1.165) is 5.57 Å². The molecule has 0 bridgehead atoms. The Morgan fingerprint density at radius 1 is 0.967 bits per heavy atom. The standard InChI is InChI=1S/C24H32O6/c1-13-16(25)5-6-23(4)18(13)17(26)11-14-15-12-21(2,19(27)28)7-9-24(15,20(29)30)10-8-22(14,23)3/h11,13,15,18H,5-10,12H2,1-4H3,(H,27,28)(H,29,30). The van der Waals surface area contributed by atoms with E-state index in [-0.39, 0.29) is 29.8 Å². The zero-order valence-electron chi connectivity index (χ0n) is 18.3. The lowest BCUT2D eigenvalue weighted by Crippen LogP contribution is -2.62. The summed E-state index contributed by atoms with van der Waals surface area (Å²) in [6, 6.07) is 0. The minimum absolute atomic E-state index is 0.0886. The molecule has 3 saturated carbocycles. The van der Waals surface area contributed by atoms with E-state index < -0.39 is 39.5 Å². The number of carboxylic acid groups (broad SMARTS) is 2. The van der Waals surface area contributed by atoms with Crippen molar-refractivity contribution in [3.63, 3.8) is 0 Å². The van der Waals surface area contributed by atoms with Crippen molar-refractivity contribution < 1.29 is 29.4 Å². The molecule has 4 aliphatic rings. The van der Waals surface area contributed by atoms with Gasteiger partial charge in [0, 0.05) is 18.3 Å². The minimum atomic E-state index is -1.01. The van der Waals surface area contributed by atoms with Crippen LogP contribution in [0.2, 0.25) is 0 Å². The molecule has 7 unspecified atom stereocenters. The van der Waals surface area contributed by atoms with Gasteiger partial charge in [-0.1, -0.05) is 26.3 Å². The average molecular weight is 417 g/mol. The number of hydrogen-bond acceptors (Lipinski definition) is 4. The first-order chi connectivity index (χ1) is 13.8. The topological polar surface area (TPSA) is 109 Å². The van der Waals surface area contributed by atoms with Gasteiger partial charge in [0.05, 0.1) is 10.8 Å². The number of carbonyl (C=O) groups is 4. The highest BCUT2D eigenvalue weighted by molar-refractivity contribution is 5.99. The van der Waals surface area contributed by atoms with Gasteiger partial charge in [-0.15, -0.1) is 0 Å². The summed E-state index contributed by atoms with van der Waals surface area (Å²) >= 11 is 0. The largest absolute Gasteiger partial charge is 0.481 e. The highest BCUT2D eigenvalue weighted by Crippen LogP contribution is 2.70. The quantitative estimate of drug-likeness (QED) is 0.707. The Bertz CT molecular complexity index is 888. The fraction of sp³-hybridized carbons (Fsp3) is 0.750. The number of aliphatic carboxylic acids is 2. The summed E-state index contributed by atoms with van der Waals surface area (Å²) in [5, 5.41) is 20.1. The maximum Gasteiger partial charge on any atom is 0.310 e. The van der Waals surface area contributed by atoms with Gasteiger partial charge < -0.3 is 10.2 Å². The third kappa shape index (κ3) is 2.42. The second-order valence-corrected chi connectivity index (χ2v) is 11.1. The van der Waals surface area contributed by atoms with Crippen LogP contribution in [0.4, 0.5) is 0 Å². The summed E-state index contributed by atoms with van der Waals surface area (Å²) < 4.78 is 0. The van der Waals surface area contributed by atoms with Gasteiger partial charge in [-0.3, -0.25) is 19.2 Å². The van der Waals surface area contributed by atoms with Crippen molar-refractivity contribution in [1.29, 1.82) is 0 Å². The molecule has 4 rings (SSSR count). The average Bonchev–Trinajstić information content (AvgIpc) is 2.66. The number of fused-ring (bicyclic) bond motifs is 5. The van der Waals surface area contributed by atoms with E-state index in [1.54, 1.807) is 13.0 Å². The molecule has 0 aromatic carbocycles. The fourth-order valence-electron chi connectivity index (χ4n) is 7.49. The van der Waals surface area contributed by atoms with Crippen LogP contribution in [0.15, 0.2) is 11.6 Å². The summed E-state index contributed by atoms with van der Waals surface area (Å²) in [7, 11) is 0.